The van der Waals surface area contributed by atoms with Crippen LogP contribution in [0.3, 0.4) is 0 Å². The van der Waals surface area contributed by atoms with Crippen LogP contribution in [0.15, 0.2) is 24.3 Å². The molecule has 1 aromatic carbocycles. The van der Waals surface area contributed by atoms with Gasteiger partial charge in [-0.2, -0.15) is 0 Å². The molecule has 0 heterocycles. The summed E-state index contributed by atoms with van der Waals surface area (Å²) in [6, 6.07) is 7.17. The molecule has 4 N–H and O–H groups in total. The highest BCUT2D eigenvalue weighted by Gasteiger charge is 2.39. The Morgan fingerprint density at radius 1 is 1.25 bits per heavy atom. The van der Waals surface area contributed by atoms with Crippen molar-refractivity contribution in [2.24, 2.45) is 5.73 Å². The van der Waals surface area contributed by atoms with E-state index in [1.807, 2.05) is 24.3 Å². The van der Waals surface area contributed by atoms with Crippen molar-refractivity contribution in [2.75, 3.05) is 7.11 Å². The van der Waals surface area contributed by atoms with Crippen LogP contribution in [0.1, 0.15) is 17.9 Å². The molecule has 1 aromatic rings. The Morgan fingerprint density at radius 2 is 1.88 bits per heavy atom. The van der Waals surface area contributed by atoms with E-state index in [1.54, 1.807) is 7.11 Å². The number of hydrogen-bond donors (Lipinski definition) is 3. The Balaban J connectivity index is 2.18. The second kappa shape index (κ2) is 4.41. The van der Waals surface area contributed by atoms with Gasteiger partial charge < -0.3 is 20.7 Å². The first-order valence-electron chi connectivity index (χ1n) is 5.39. The summed E-state index contributed by atoms with van der Waals surface area (Å²) in [6.07, 6.45) is -1.04. The molecule has 4 atom stereocenters. The van der Waals surface area contributed by atoms with Crippen molar-refractivity contribution in [1.29, 1.82) is 0 Å². The average molecular weight is 223 g/mol. The summed E-state index contributed by atoms with van der Waals surface area (Å²) in [5.74, 6) is 0.798. The maximum absolute atomic E-state index is 9.60. The van der Waals surface area contributed by atoms with Gasteiger partial charge in [-0.15, -0.1) is 0 Å². The molecule has 4 nitrogen and oxygen atoms in total. The predicted molar refractivity (Wildman–Crippen MR) is 60.3 cm³/mol. The minimum absolute atomic E-state index is 0.0101. The summed E-state index contributed by atoms with van der Waals surface area (Å²) in [4.78, 5) is 0. The van der Waals surface area contributed by atoms with Crippen LogP contribution < -0.4 is 10.5 Å². The van der Waals surface area contributed by atoms with Gasteiger partial charge in [0.2, 0.25) is 0 Å². The van der Waals surface area contributed by atoms with E-state index < -0.39 is 18.2 Å². The standard InChI is InChI=1S/C12H17NO3/c1-16-8-4-2-7(3-5-8)9-6-10(14)12(15)11(9)13/h2-5,9-12,14-15H,6,13H2,1H3. The molecule has 0 amide bonds. The SMILES string of the molecule is COc1ccc(C2CC(O)C(O)C2N)cc1. The molecule has 1 aliphatic carbocycles. The van der Waals surface area contributed by atoms with E-state index in [-0.39, 0.29) is 5.92 Å². The summed E-state index contributed by atoms with van der Waals surface area (Å²) in [6.45, 7) is 0. The van der Waals surface area contributed by atoms with Gasteiger partial charge in [-0.25, -0.2) is 0 Å². The fourth-order valence-corrected chi connectivity index (χ4v) is 2.26. The van der Waals surface area contributed by atoms with Crippen LogP contribution in [0.2, 0.25) is 0 Å². The van der Waals surface area contributed by atoms with Gasteiger partial charge in [0.15, 0.2) is 0 Å². The highest BCUT2D eigenvalue weighted by atomic mass is 16.5. The van der Waals surface area contributed by atoms with Gasteiger partial charge in [0.1, 0.15) is 5.75 Å². The summed E-state index contributed by atoms with van der Waals surface area (Å²) in [5, 5.41) is 19.1. The fraction of sp³-hybridized carbons (Fsp3) is 0.500. The number of nitrogens with two attached hydrogens (primary N) is 1. The highest BCUT2D eigenvalue weighted by molar-refractivity contribution is 5.31. The minimum atomic E-state index is -0.827. The number of aliphatic hydroxyl groups excluding tert-OH is 2. The Kier molecular flexibility index (Phi) is 3.14. The molecule has 0 bridgehead atoms. The average Bonchev–Trinajstić information content (AvgIpc) is 2.57. The number of benzene rings is 1. The Bertz CT molecular complexity index is 352. The zero-order chi connectivity index (χ0) is 11.7. The predicted octanol–water partition coefficient (Wildman–Crippen LogP) is 0.232. The summed E-state index contributed by atoms with van der Waals surface area (Å²) in [5.41, 5.74) is 6.91. The van der Waals surface area contributed by atoms with Crippen LogP contribution in [-0.4, -0.2) is 35.6 Å². The van der Waals surface area contributed by atoms with Crippen molar-refractivity contribution in [3.05, 3.63) is 29.8 Å². The molecule has 4 unspecified atom stereocenters. The third kappa shape index (κ3) is 1.91. The monoisotopic (exact) mass is 223 g/mol. The molecule has 0 aliphatic heterocycles. The van der Waals surface area contributed by atoms with E-state index in [1.165, 1.54) is 0 Å². The minimum Gasteiger partial charge on any atom is -0.497 e. The molecule has 0 saturated heterocycles. The normalized spacial score (nSPS) is 34.0. The number of methoxy groups -OCH3 is 1. The third-order valence-electron chi connectivity index (χ3n) is 3.29. The largest absolute Gasteiger partial charge is 0.497 e. The van der Waals surface area contributed by atoms with Crippen LogP contribution in [0.5, 0.6) is 5.75 Å². The second-order valence-corrected chi connectivity index (χ2v) is 4.25. The van der Waals surface area contributed by atoms with Crippen molar-refractivity contribution in [1.82, 2.24) is 0 Å². The number of ether oxygens (including phenoxy) is 1. The van der Waals surface area contributed by atoms with Crippen molar-refractivity contribution in [3.63, 3.8) is 0 Å². The first-order chi connectivity index (χ1) is 7.63. The lowest BCUT2D eigenvalue weighted by Gasteiger charge is -2.17. The van der Waals surface area contributed by atoms with E-state index in [2.05, 4.69) is 0 Å². The Morgan fingerprint density at radius 3 is 2.31 bits per heavy atom. The molecular weight excluding hydrogens is 206 g/mol. The van der Waals surface area contributed by atoms with Crippen molar-refractivity contribution >= 4 is 0 Å². The third-order valence-corrected chi connectivity index (χ3v) is 3.29. The van der Waals surface area contributed by atoms with E-state index in [0.29, 0.717) is 6.42 Å². The lowest BCUT2D eigenvalue weighted by Crippen LogP contribution is -2.37. The molecular formula is C12H17NO3. The number of rotatable bonds is 2. The number of hydrogen-bond acceptors (Lipinski definition) is 4. The highest BCUT2D eigenvalue weighted by Crippen LogP contribution is 2.34. The Labute approximate surface area is 94.7 Å². The van der Waals surface area contributed by atoms with Crippen LogP contribution >= 0.6 is 0 Å². The van der Waals surface area contributed by atoms with Gasteiger partial charge in [-0.3, -0.25) is 0 Å². The maximum Gasteiger partial charge on any atom is 0.118 e. The molecule has 0 spiro atoms. The molecule has 4 heteroatoms. The smallest absolute Gasteiger partial charge is 0.118 e. The van der Waals surface area contributed by atoms with Crippen LogP contribution in [0.4, 0.5) is 0 Å². The molecule has 88 valence electrons. The Hall–Kier alpha value is -1.10. The molecule has 1 aliphatic rings. The van der Waals surface area contributed by atoms with Gasteiger partial charge in [-0.05, 0) is 24.1 Å². The first kappa shape index (κ1) is 11.4. The lowest BCUT2D eigenvalue weighted by molar-refractivity contribution is 0.0363. The zero-order valence-electron chi connectivity index (χ0n) is 9.21. The molecule has 2 rings (SSSR count). The second-order valence-electron chi connectivity index (χ2n) is 4.25. The lowest BCUT2D eigenvalue weighted by atomic mass is 9.94. The van der Waals surface area contributed by atoms with Crippen LogP contribution in [0.25, 0.3) is 0 Å². The molecule has 0 aromatic heterocycles. The summed E-state index contributed by atoms with van der Waals surface area (Å²) >= 11 is 0. The number of aliphatic hydroxyl groups is 2. The topological polar surface area (TPSA) is 75.7 Å². The van der Waals surface area contributed by atoms with Crippen molar-refractivity contribution in [2.45, 2.75) is 30.6 Å². The van der Waals surface area contributed by atoms with Crippen LogP contribution in [-0.2, 0) is 0 Å². The van der Waals surface area contributed by atoms with E-state index in [9.17, 15) is 10.2 Å². The zero-order valence-corrected chi connectivity index (χ0v) is 9.21. The van der Waals surface area contributed by atoms with Gasteiger partial charge >= 0.3 is 0 Å². The van der Waals surface area contributed by atoms with E-state index in [4.69, 9.17) is 10.5 Å². The van der Waals surface area contributed by atoms with Gasteiger partial charge in [0.05, 0.1) is 19.3 Å². The summed E-state index contributed by atoms with van der Waals surface area (Å²) < 4.78 is 5.07. The fourth-order valence-electron chi connectivity index (χ4n) is 2.26. The molecule has 1 fully saturated rings. The summed E-state index contributed by atoms with van der Waals surface area (Å²) in [7, 11) is 1.61. The van der Waals surface area contributed by atoms with E-state index in [0.717, 1.165) is 11.3 Å². The van der Waals surface area contributed by atoms with Gasteiger partial charge in [-0.1, -0.05) is 12.1 Å². The maximum atomic E-state index is 9.60. The van der Waals surface area contributed by atoms with Gasteiger partial charge in [0, 0.05) is 12.0 Å². The van der Waals surface area contributed by atoms with Gasteiger partial charge in [0.25, 0.3) is 0 Å². The van der Waals surface area contributed by atoms with Crippen molar-refractivity contribution < 1.29 is 14.9 Å². The molecule has 0 radical (unpaired) electrons. The van der Waals surface area contributed by atoms with Crippen LogP contribution in [0, 0.1) is 0 Å². The quantitative estimate of drug-likeness (QED) is 0.671. The molecule has 16 heavy (non-hydrogen) atoms. The first-order valence-corrected chi connectivity index (χ1v) is 5.39. The molecule has 1 saturated carbocycles. The van der Waals surface area contributed by atoms with E-state index >= 15 is 0 Å². The van der Waals surface area contributed by atoms with Crippen molar-refractivity contribution in [3.8, 4) is 5.75 Å².